The Hall–Kier alpha value is -1.71. The molecule has 0 aromatic heterocycles. The highest BCUT2D eigenvalue weighted by molar-refractivity contribution is 7.89. The van der Waals surface area contributed by atoms with E-state index < -0.39 is 28.3 Å². The van der Waals surface area contributed by atoms with Crippen molar-refractivity contribution in [2.75, 3.05) is 12.9 Å². The lowest BCUT2D eigenvalue weighted by atomic mass is 9.80. The third-order valence-corrected chi connectivity index (χ3v) is 6.58. The third-order valence-electron chi connectivity index (χ3n) is 6.05. The number of carbonyl (C=O) groups excluding carboxylic acids is 2. The van der Waals surface area contributed by atoms with Crippen LogP contribution in [0.2, 0.25) is 0 Å². The fraction of sp³-hybridized carbons (Fsp3) is 0.750. The molecule has 190 valence electrons. The number of Topliss-reactive ketones (excluding diaryl/α,β-unsaturated/α-hetero) is 1. The van der Waals surface area contributed by atoms with Gasteiger partial charge in [0.25, 0.3) is 0 Å². The molecule has 33 heavy (non-hydrogen) atoms. The molecule has 0 unspecified atom stereocenters. The number of amides is 1. The van der Waals surface area contributed by atoms with Crippen molar-refractivity contribution in [3.05, 3.63) is 24.3 Å². The Balaban J connectivity index is 2.45. The van der Waals surface area contributed by atoms with Crippen molar-refractivity contribution in [2.24, 2.45) is 17.3 Å². The second-order valence-corrected chi connectivity index (χ2v) is 11.3. The van der Waals surface area contributed by atoms with E-state index in [1.807, 2.05) is 32.1 Å². The van der Waals surface area contributed by atoms with Crippen LogP contribution in [0.25, 0.3) is 0 Å². The first-order chi connectivity index (χ1) is 15.4. The lowest BCUT2D eigenvalue weighted by Crippen LogP contribution is -2.30. The van der Waals surface area contributed by atoms with Crippen LogP contribution in [0.15, 0.2) is 24.3 Å². The van der Waals surface area contributed by atoms with Crippen molar-refractivity contribution in [1.29, 1.82) is 0 Å². The molecular formula is C24H41NO7S. The number of hydrogen-bond donors (Lipinski definition) is 3. The first-order valence-corrected chi connectivity index (χ1v) is 13.6. The SMILES string of the molecule is CCCCC(C)(C)[C@H](O)C=C[C@H]1[C@H](O)CC(=O)[C@@H]1CC=CCCCCOC(=O)NS(C)(=O)=O. The van der Waals surface area contributed by atoms with Gasteiger partial charge in [0.1, 0.15) is 5.78 Å². The van der Waals surface area contributed by atoms with Crippen molar-refractivity contribution >= 4 is 21.9 Å². The summed E-state index contributed by atoms with van der Waals surface area (Å²) in [6.07, 6.45) is 11.7. The number of aliphatic hydroxyl groups is 2. The molecule has 0 aliphatic heterocycles. The van der Waals surface area contributed by atoms with Gasteiger partial charge in [0.05, 0.1) is 25.1 Å². The summed E-state index contributed by atoms with van der Waals surface area (Å²) in [5, 5.41) is 20.9. The summed E-state index contributed by atoms with van der Waals surface area (Å²) in [6.45, 7) is 6.28. The zero-order chi connectivity index (χ0) is 25.1. The van der Waals surface area contributed by atoms with Gasteiger partial charge in [-0.3, -0.25) is 4.79 Å². The summed E-state index contributed by atoms with van der Waals surface area (Å²) in [7, 11) is -3.62. The molecule has 8 nitrogen and oxygen atoms in total. The zero-order valence-corrected chi connectivity index (χ0v) is 21.1. The fourth-order valence-electron chi connectivity index (χ4n) is 3.87. The molecule has 1 saturated carbocycles. The quantitative estimate of drug-likeness (QED) is 0.252. The van der Waals surface area contributed by atoms with E-state index in [-0.39, 0.29) is 36.1 Å². The van der Waals surface area contributed by atoms with Gasteiger partial charge in [0.15, 0.2) is 0 Å². The predicted octanol–water partition coefficient (Wildman–Crippen LogP) is 3.49. The van der Waals surface area contributed by atoms with Crippen molar-refractivity contribution in [1.82, 2.24) is 4.72 Å². The summed E-state index contributed by atoms with van der Waals surface area (Å²) in [5.41, 5.74) is -0.259. The van der Waals surface area contributed by atoms with Crippen molar-refractivity contribution in [3.8, 4) is 0 Å². The molecule has 3 N–H and O–H groups in total. The highest BCUT2D eigenvalue weighted by atomic mass is 32.2. The number of aliphatic hydroxyl groups excluding tert-OH is 2. The molecule has 1 fully saturated rings. The van der Waals surface area contributed by atoms with E-state index in [9.17, 15) is 28.2 Å². The molecule has 9 heteroatoms. The van der Waals surface area contributed by atoms with Crippen molar-refractivity contribution in [2.45, 2.75) is 84.3 Å². The van der Waals surface area contributed by atoms with Crippen molar-refractivity contribution in [3.63, 3.8) is 0 Å². The maximum atomic E-state index is 12.4. The summed E-state index contributed by atoms with van der Waals surface area (Å²) < 4.78 is 28.3. The van der Waals surface area contributed by atoms with Crippen molar-refractivity contribution < 1.29 is 33.0 Å². The Bertz CT molecular complexity index is 789. The molecule has 0 bridgehead atoms. The van der Waals surface area contributed by atoms with Gasteiger partial charge < -0.3 is 14.9 Å². The van der Waals surface area contributed by atoms with Crippen LogP contribution in [0, 0.1) is 17.3 Å². The Labute approximate surface area is 198 Å². The Morgan fingerprint density at radius 3 is 2.61 bits per heavy atom. The molecule has 1 aliphatic carbocycles. The monoisotopic (exact) mass is 487 g/mol. The molecule has 0 radical (unpaired) electrons. The molecule has 1 amide bonds. The molecule has 1 aliphatic rings. The van der Waals surface area contributed by atoms with Gasteiger partial charge in [-0.2, -0.15) is 0 Å². The topological polar surface area (TPSA) is 130 Å². The van der Waals surface area contributed by atoms with Crippen LogP contribution in [0.4, 0.5) is 4.79 Å². The number of allylic oxidation sites excluding steroid dienone is 2. The number of ketones is 1. The molecular weight excluding hydrogens is 446 g/mol. The number of carbonyl (C=O) groups is 2. The number of hydrogen-bond acceptors (Lipinski definition) is 7. The number of nitrogens with one attached hydrogen (secondary N) is 1. The van der Waals surface area contributed by atoms with Gasteiger partial charge >= 0.3 is 6.09 Å². The van der Waals surface area contributed by atoms with Crippen LogP contribution < -0.4 is 4.72 Å². The van der Waals surface area contributed by atoms with Gasteiger partial charge in [0.2, 0.25) is 10.0 Å². The van der Waals surface area contributed by atoms with Gasteiger partial charge in [-0.05, 0) is 37.5 Å². The van der Waals surface area contributed by atoms with Crippen LogP contribution in [0.3, 0.4) is 0 Å². The minimum absolute atomic E-state index is 0.0341. The van der Waals surface area contributed by atoms with E-state index in [2.05, 4.69) is 6.92 Å². The summed E-state index contributed by atoms with van der Waals surface area (Å²) >= 11 is 0. The van der Waals surface area contributed by atoms with E-state index in [1.165, 1.54) is 0 Å². The van der Waals surface area contributed by atoms with Gasteiger partial charge in [0, 0.05) is 18.3 Å². The number of sulfonamides is 1. The van der Waals surface area contributed by atoms with Crippen LogP contribution >= 0.6 is 0 Å². The smallest absolute Gasteiger partial charge is 0.420 e. The molecule has 4 atom stereocenters. The van der Waals surface area contributed by atoms with Crippen LogP contribution in [0.1, 0.15) is 72.1 Å². The van der Waals surface area contributed by atoms with E-state index in [0.717, 1.165) is 38.4 Å². The van der Waals surface area contributed by atoms with Crippen LogP contribution in [0.5, 0.6) is 0 Å². The number of rotatable bonds is 14. The first kappa shape index (κ1) is 29.3. The van der Waals surface area contributed by atoms with Crippen LogP contribution in [-0.4, -0.2) is 55.6 Å². The summed E-state index contributed by atoms with van der Waals surface area (Å²) in [5.74, 6) is -0.575. The fourth-order valence-corrected chi connectivity index (χ4v) is 4.23. The standard InChI is InChI=1S/C24H41NO7S/c1-5-6-15-24(2,3)22(28)14-13-19-18(20(26)17-21(19)27)12-10-8-7-9-11-16-32-23(29)25-33(4,30)31/h8,10,13-14,18-19,21-22,27-28H,5-7,9,11-12,15-17H2,1-4H3,(H,25,29)/t18-,19-,21-,22-/m1/s1. The Morgan fingerprint density at radius 2 is 1.97 bits per heavy atom. The predicted molar refractivity (Wildman–Crippen MR) is 128 cm³/mol. The largest absolute Gasteiger partial charge is 0.449 e. The van der Waals surface area contributed by atoms with E-state index in [0.29, 0.717) is 12.8 Å². The lowest BCUT2D eigenvalue weighted by molar-refractivity contribution is -0.121. The minimum Gasteiger partial charge on any atom is -0.449 e. The average molecular weight is 488 g/mol. The molecule has 0 saturated heterocycles. The van der Waals surface area contributed by atoms with Gasteiger partial charge in [-0.15, -0.1) is 0 Å². The normalized spacial score (nSPS) is 22.8. The maximum Gasteiger partial charge on any atom is 0.420 e. The third kappa shape index (κ3) is 11.3. The molecule has 0 aromatic rings. The second kappa shape index (κ2) is 13.9. The second-order valence-electron chi connectivity index (χ2n) is 9.56. The Kier molecular flexibility index (Phi) is 12.3. The molecule has 1 rings (SSSR count). The lowest BCUT2D eigenvalue weighted by Gasteiger charge is -2.29. The zero-order valence-electron chi connectivity index (χ0n) is 20.3. The van der Waals surface area contributed by atoms with E-state index in [4.69, 9.17) is 4.74 Å². The molecule has 0 heterocycles. The number of ether oxygens (including phenoxy) is 1. The average Bonchev–Trinajstić information content (AvgIpc) is 2.97. The summed E-state index contributed by atoms with van der Waals surface area (Å²) in [6, 6.07) is 0. The minimum atomic E-state index is -3.62. The maximum absolute atomic E-state index is 12.4. The van der Waals surface area contributed by atoms with Gasteiger partial charge in [-0.1, -0.05) is 57.9 Å². The highest BCUT2D eigenvalue weighted by Crippen LogP contribution is 2.35. The van der Waals surface area contributed by atoms with E-state index >= 15 is 0 Å². The number of unbranched alkanes of at least 4 members (excludes halogenated alkanes) is 3. The first-order valence-electron chi connectivity index (χ1n) is 11.7. The highest BCUT2D eigenvalue weighted by Gasteiger charge is 2.39. The Morgan fingerprint density at radius 1 is 1.27 bits per heavy atom. The molecule has 0 aromatic carbocycles. The van der Waals surface area contributed by atoms with Gasteiger partial charge in [-0.25, -0.2) is 17.9 Å². The molecule has 0 spiro atoms. The van der Waals surface area contributed by atoms with E-state index in [1.54, 1.807) is 10.8 Å². The van der Waals surface area contributed by atoms with Crippen LogP contribution in [-0.2, 0) is 19.6 Å². The summed E-state index contributed by atoms with van der Waals surface area (Å²) in [4.78, 5) is 23.6.